The van der Waals surface area contributed by atoms with E-state index in [1.54, 1.807) is 38.4 Å². The van der Waals surface area contributed by atoms with Gasteiger partial charge in [-0.1, -0.05) is 42.1 Å². The highest BCUT2D eigenvalue weighted by atomic mass is 32.2. The molecule has 8 nitrogen and oxygen atoms in total. The molecule has 0 radical (unpaired) electrons. The van der Waals surface area contributed by atoms with Crippen LogP contribution in [0, 0.1) is 0 Å². The summed E-state index contributed by atoms with van der Waals surface area (Å²) in [7, 11) is 3.20. The zero-order valence-corrected chi connectivity index (χ0v) is 17.3. The average Bonchev–Trinajstić information content (AvgIpc) is 3.27. The fourth-order valence-electron chi connectivity index (χ4n) is 2.79. The summed E-state index contributed by atoms with van der Waals surface area (Å²) >= 11 is 1.55. The molecule has 0 fully saturated rings. The first-order valence-electron chi connectivity index (χ1n) is 9.16. The molecule has 2 N–H and O–H groups in total. The Morgan fingerprint density at radius 2 is 1.90 bits per heavy atom. The topological polar surface area (TPSA) is 97.3 Å². The first-order chi connectivity index (χ1) is 14.8. The summed E-state index contributed by atoms with van der Waals surface area (Å²) in [6.07, 6.45) is 3.36. The van der Waals surface area contributed by atoms with Crippen molar-refractivity contribution < 1.29 is 9.47 Å². The minimum Gasteiger partial charge on any atom is -0.493 e. The van der Waals surface area contributed by atoms with Crippen LogP contribution in [0.4, 0.5) is 5.82 Å². The van der Waals surface area contributed by atoms with Crippen molar-refractivity contribution in [2.75, 3.05) is 19.6 Å². The van der Waals surface area contributed by atoms with Gasteiger partial charge in [0.15, 0.2) is 28.1 Å². The van der Waals surface area contributed by atoms with Gasteiger partial charge in [0.1, 0.15) is 0 Å². The second-order valence-electron chi connectivity index (χ2n) is 6.25. The van der Waals surface area contributed by atoms with Gasteiger partial charge in [0, 0.05) is 5.75 Å². The van der Waals surface area contributed by atoms with E-state index in [-0.39, 0.29) is 0 Å². The average molecular weight is 420 g/mol. The molecule has 0 aliphatic heterocycles. The molecular weight excluding hydrogens is 400 g/mol. The monoisotopic (exact) mass is 420 g/mol. The number of ether oxygens (including phenoxy) is 2. The fraction of sp³-hybridized carbons (Fsp3) is 0.143. The molecule has 0 bridgehead atoms. The van der Waals surface area contributed by atoms with E-state index in [0.717, 1.165) is 16.7 Å². The Labute approximate surface area is 177 Å². The van der Waals surface area contributed by atoms with Crippen molar-refractivity contribution in [3.63, 3.8) is 0 Å². The number of aromatic amines is 1. The number of nitrogens with zero attached hydrogens (tertiary/aromatic N) is 4. The van der Waals surface area contributed by atoms with Crippen molar-refractivity contribution in [1.82, 2.24) is 20.2 Å². The molecule has 4 aromatic rings. The van der Waals surface area contributed by atoms with E-state index < -0.39 is 0 Å². The normalized spacial score (nSPS) is 11.1. The lowest BCUT2D eigenvalue weighted by atomic mass is 10.2. The minimum atomic E-state index is 0.584. The minimum absolute atomic E-state index is 0.584. The number of rotatable bonds is 8. The van der Waals surface area contributed by atoms with E-state index in [2.05, 4.69) is 42.8 Å². The molecule has 152 valence electrons. The number of nitrogens with one attached hydrogen (secondary N) is 2. The van der Waals surface area contributed by atoms with Gasteiger partial charge in [0.2, 0.25) is 0 Å². The van der Waals surface area contributed by atoms with E-state index in [1.165, 1.54) is 5.56 Å². The fourth-order valence-corrected chi connectivity index (χ4v) is 3.59. The van der Waals surface area contributed by atoms with Gasteiger partial charge >= 0.3 is 0 Å². The Bertz CT molecular complexity index is 1160. The van der Waals surface area contributed by atoms with Crippen LogP contribution in [0.3, 0.4) is 0 Å². The second-order valence-corrected chi connectivity index (χ2v) is 7.19. The standard InChI is InChI=1S/C21H20N6O2S/c1-28-17-9-8-15(10-18(17)29-2)11-22-26-19-16-12-23-27-20(16)25-21(24-19)30-13-14-6-4-3-5-7-14/h3-12H,13H2,1-2H3,(H2,23,24,25,26,27)/b22-11+. The molecular formula is C21H20N6O2S. The number of hydrogen-bond acceptors (Lipinski definition) is 8. The molecule has 9 heteroatoms. The number of methoxy groups -OCH3 is 2. The lowest BCUT2D eigenvalue weighted by molar-refractivity contribution is 0.355. The number of H-pyrrole nitrogens is 1. The molecule has 2 aromatic heterocycles. The van der Waals surface area contributed by atoms with E-state index in [4.69, 9.17) is 9.47 Å². The molecule has 0 aliphatic carbocycles. The predicted molar refractivity (Wildman–Crippen MR) is 118 cm³/mol. The largest absolute Gasteiger partial charge is 0.493 e. The molecule has 30 heavy (non-hydrogen) atoms. The summed E-state index contributed by atoms with van der Waals surface area (Å²) in [5.74, 6) is 2.66. The zero-order valence-electron chi connectivity index (χ0n) is 16.5. The van der Waals surface area contributed by atoms with Crippen LogP contribution in [0.15, 0.2) is 65.0 Å². The van der Waals surface area contributed by atoms with Gasteiger partial charge in [-0.25, -0.2) is 9.97 Å². The highest BCUT2D eigenvalue weighted by Crippen LogP contribution is 2.27. The van der Waals surface area contributed by atoms with Gasteiger partial charge < -0.3 is 9.47 Å². The van der Waals surface area contributed by atoms with Crippen LogP contribution in [0.1, 0.15) is 11.1 Å². The van der Waals surface area contributed by atoms with Crippen LogP contribution in [0.25, 0.3) is 11.0 Å². The van der Waals surface area contributed by atoms with Gasteiger partial charge in [-0.05, 0) is 29.3 Å². The highest BCUT2D eigenvalue weighted by molar-refractivity contribution is 7.98. The molecule has 0 spiro atoms. The van der Waals surface area contributed by atoms with Crippen LogP contribution in [0.2, 0.25) is 0 Å². The van der Waals surface area contributed by atoms with Crippen molar-refractivity contribution in [3.05, 3.63) is 65.9 Å². The molecule has 4 rings (SSSR count). The summed E-state index contributed by atoms with van der Waals surface area (Å²) in [5.41, 5.74) is 5.72. The summed E-state index contributed by atoms with van der Waals surface area (Å²) in [5, 5.41) is 12.7. The Hall–Kier alpha value is -3.59. The Morgan fingerprint density at radius 3 is 2.70 bits per heavy atom. The molecule has 0 aliphatic rings. The van der Waals surface area contributed by atoms with Gasteiger partial charge in [0.25, 0.3) is 0 Å². The number of fused-ring (bicyclic) bond motifs is 1. The number of benzene rings is 2. The lowest BCUT2D eigenvalue weighted by Crippen LogP contribution is -1.98. The van der Waals surface area contributed by atoms with Crippen molar-refractivity contribution in [3.8, 4) is 11.5 Å². The first kappa shape index (κ1) is 19.7. The van der Waals surface area contributed by atoms with Crippen LogP contribution in [-0.2, 0) is 5.75 Å². The van der Waals surface area contributed by atoms with Crippen molar-refractivity contribution in [2.45, 2.75) is 10.9 Å². The van der Waals surface area contributed by atoms with Crippen LogP contribution in [-0.4, -0.2) is 40.6 Å². The van der Waals surface area contributed by atoms with Gasteiger partial charge in [-0.2, -0.15) is 10.2 Å². The van der Waals surface area contributed by atoms with Gasteiger partial charge in [-0.15, -0.1) is 0 Å². The number of anilines is 1. The summed E-state index contributed by atoms with van der Waals surface area (Å²) < 4.78 is 10.6. The van der Waals surface area contributed by atoms with Gasteiger partial charge in [0.05, 0.1) is 32.0 Å². The molecule has 0 unspecified atom stereocenters. The molecule has 0 saturated carbocycles. The van der Waals surface area contributed by atoms with E-state index >= 15 is 0 Å². The van der Waals surface area contributed by atoms with Crippen molar-refractivity contribution >= 4 is 34.8 Å². The van der Waals surface area contributed by atoms with E-state index in [9.17, 15) is 0 Å². The third-order valence-electron chi connectivity index (χ3n) is 4.29. The van der Waals surface area contributed by atoms with Crippen molar-refractivity contribution in [1.29, 1.82) is 0 Å². The Kier molecular flexibility index (Phi) is 6.09. The quantitative estimate of drug-likeness (QED) is 0.192. The van der Waals surface area contributed by atoms with Gasteiger partial charge in [-0.3, -0.25) is 10.5 Å². The maximum absolute atomic E-state index is 5.32. The number of hydrazone groups is 1. The molecule has 0 amide bonds. The number of thioether (sulfide) groups is 1. The van der Waals surface area contributed by atoms with Crippen LogP contribution < -0.4 is 14.9 Å². The van der Waals surface area contributed by atoms with Crippen LogP contribution in [0.5, 0.6) is 11.5 Å². The molecule has 2 heterocycles. The summed E-state index contributed by atoms with van der Waals surface area (Å²) in [6, 6.07) is 15.8. The number of aromatic nitrogens is 4. The summed E-state index contributed by atoms with van der Waals surface area (Å²) in [4.78, 5) is 9.13. The van der Waals surface area contributed by atoms with Crippen LogP contribution >= 0.6 is 11.8 Å². The summed E-state index contributed by atoms with van der Waals surface area (Å²) in [6.45, 7) is 0. The Morgan fingerprint density at radius 1 is 1.07 bits per heavy atom. The van der Waals surface area contributed by atoms with E-state index in [1.807, 2.05) is 36.4 Å². The van der Waals surface area contributed by atoms with E-state index in [0.29, 0.717) is 28.1 Å². The van der Waals surface area contributed by atoms with Crippen molar-refractivity contribution in [2.24, 2.45) is 5.10 Å². The third kappa shape index (κ3) is 4.52. The zero-order chi connectivity index (χ0) is 20.8. The molecule has 0 atom stereocenters. The maximum Gasteiger partial charge on any atom is 0.191 e. The Balaban J connectivity index is 1.52. The lowest BCUT2D eigenvalue weighted by Gasteiger charge is -2.07. The smallest absolute Gasteiger partial charge is 0.191 e. The highest BCUT2D eigenvalue weighted by Gasteiger charge is 2.10. The first-order valence-corrected chi connectivity index (χ1v) is 10.1. The maximum atomic E-state index is 5.32. The molecule has 0 saturated heterocycles. The second kappa shape index (κ2) is 9.27. The third-order valence-corrected chi connectivity index (χ3v) is 5.21. The molecule has 2 aromatic carbocycles. The SMILES string of the molecule is COc1ccc(/C=N/Nc2nc(SCc3ccccc3)nc3[nH]ncc23)cc1OC. The number of hydrogen-bond donors (Lipinski definition) is 2. The predicted octanol–water partition coefficient (Wildman–Crippen LogP) is 4.11.